The fraction of sp³-hybridized carbons (Fsp3) is 0.333. The van der Waals surface area contributed by atoms with E-state index in [1.54, 1.807) is 24.3 Å². The number of halogens is 2. The van der Waals surface area contributed by atoms with Gasteiger partial charge < -0.3 is 5.32 Å². The van der Waals surface area contributed by atoms with Crippen LogP contribution in [0.1, 0.15) is 30.9 Å². The van der Waals surface area contributed by atoms with Crippen molar-refractivity contribution < 1.29 is 8.78 Å². The minimum Gasteiger partial charge on any atom is -0.314 e. The van der Waals surface area contributed by atoms with E-state index in [0.717, 1.165) is 0 Å². The van der Waals surface area contributed by atoms with Crippen LogP contribution in [0.15, 0.2) is 48.5 Å². The van der Waals surface area contributed by atoms with E-state index in [1.165, 1.54) is 12.1 Å². The lowest BCUT2D eigenvalue weighted by Gasteiger charge is -2.20. The number of hydrogen-bond acceptors (Lipinski definition) is 1. The molecule has 0 fully saturated rings. The number of benzene rings is 2. The zero-order valence-electron chi connectivity index (χ0n) is 12.4. The first-order valence-corrected chi connectivity index (χ1v) is 7.29. The van der Waals surface area contributed by atoms with Crippen LogP contribution in [0.25, 0.3) is 0 Å². The van der Waals surface area contributed by atoms with E-state index < -0.39 is 0 Å². The van der Waals surface area contributed by atoms with Gasteiger partial charge >= 0.3 is 0 Å². The summed E-state index contributed by atoms with van der Waals surface area (Å²) in [5.74, 6) is -0.557. The van der Waals surface area contributed by atoms with E-state index in [0.29, 0.717) is 30.1 Å². The number of nitrogens with one attached hydrogen (secondary N) is 1. The minimum absolute atomic E-state index is 0.0921. The van der Waals surface area contributed by atoms with Crippen LogP contribution in [0, 0.1) is 11.6 Å². The van der Waals surface area contributed by atoms with Crippen molar-refractivity contribution in [3.8, 4) is 0 Å². The van der Waals surface area contributed by atoms with Crippen molar-refractivity contribution in [1.29, 1.82) is 0 Å². The summed E-state index contributed by atoms with van der Waals surface area (Å²) in [6.07, 6.45) is 0.479. The first-order chi connectivity index (χ1) is 10.1. The second-order valence-electron chi connectivity index (χ2n) is 5.58. The Morgan fingerprint density at radius 2 is 1.52 bits per heavy atom. The van der Waals surface area contributed by atoms with Gasteiger partial charge in [-0.3, -0.25) is 0 Å². The van der Waals surface area contributed by atoms with E-state index in [4.69, 9.17) is 0 Å². The van der Waals surface area contributed by atoms with Crippen molar-refractivity contribution in [3.05, 3.63) is 71.3 Å². The molecular weight excluding hydrogens is 268 g/mol. The van der Waals surface area contributed by atoms with Crippen molar-refractivity contribution in [2.75, 3.05) is 6.54 Å². The molecule has 0 saturated heterocycles. The molecule has 0 aliphatic heterocycles. The third-order valence-corrected chi connectivity index (χ3v) is 3.54. The molecule has 0 amide bonds. The van der Waals surface area contributed by atoms with Gasteiger partial charge in [-0.15, -0.1) is 0 Å². The zero-order valence-corrected chi connectivity index (χ0v) is 12.4. The average molecular weight is 289 g/mol. The normalized spacial score (nSPS) is 12.6. The third-order valence-electron chi connectivity index (χ3n) is 3.54. The van der Waals surface area contributed by atoms with Crippen LogP contribution in [0.3, 0.4) is 0 Å². The summed E-state index contributed by atoms with van der Waals surface area (Å²) in [5, 5.41) is 3.32. The Morgan fingerprint density at radius 1 is 0.905 bits per heavy atom. The summed E-state index contributed by atoms with van der Waals surface area (Å²) in [5.41, 5.74) is 1.25. The molecule has 2 aromatic carbocycles. The van der Waals surface area contributed by atoms with Gasteiger partial charge in [-0.1, -0.05) is 50.2 Å². The van der Waals surface area contributed by atoms with Gasteiger partial charge in [0, 0.05) is 18.5 Å². The predicted octanol–water partition coefficient (Wildman–Crippen LogP) is 4.29. The Kier molecular flexibility index (Phi) is 5.45. The Balaban J connectivity index is 2.24. The molecule has 1 unspecified atom stereocenters. The Bertz CT molecular complexity index is 581. The number of hydrogen-bond donors (Lipinski definition) is 1. The molecule has 0 aliphatic carbocycles. The van der Waals surface area contributed by atoms with Crippen LogP contribution in [0.5, 0.6) is 0 Å². The molecule has 2 aromatic rings. The molecule has 21 heavy (non-hydrogen) atoms. The molecule has 112 valence electrons. The second kappa shape index (κ2) is 7.32. The van der Waals surface area contributed by atoms with Crippen molar-refractivity contribution in [1.82, 2.24) is 5.32 Å². The van der Waals surface area contributed by atoms with Gasteiger partial charge in [0.2, 0.25) is 0 Å². The summed E-state index contributed by atoms with van der Waals surface area (Å²) < 4.78 is 27.9. The van der Waals surface area contributed by atoms with Gasteiger partial charge in [0.25, 0.3) is 0 Å². The van der Waals surface area contributed by atoms with E-state index in [1.807, 2.05) is 26.0 Å². The maximum Gasteiger partial charge on any atom is 0.126 e. The highest BCUT2D eigenvalue weighted by molar-refractivity contribution is 5.26. The lowest BCUT2D eigenvalue weighted by atomic mass is 9.91. The largest absolute Gasteiger partial charge is 0.314 e. The lowest BCUT2D eigenvalue weighted by Crippen LogP contribution is -2.29. The standard InChI is InChI=1S/C18H21F2N/c1-13(2)21-12-15(16-8-4-6-10-18(16)20)11-14-7-3-5-9-17(14)19/h3-10,13,15,21H,11-12H2,1-2H3. The molecule has 0 heterocycles. The highest BCUT2D eigenvalue weighted by Gasteiger charge is 2.18. The monoisotopic (exact) mass is 289 g/mol. The summed E-state index contributed by atoms with van der Waals surface area (Å²) in [7, 11) is 0. The second-order valence-corrected chi connectivity index (χ2v) is 5.58. The maximum atomic E-state index is 14.0. The molecule has 2 rings (SSSR count). The molecule has 0 saturated carbocycles. The molecule has 0 aromatic heterocycles. The van der Waals surface area contributed by atoms with Crippen molar-refractivity contribution in [2.45, 2.75) is 32.2 Å². The zero-order chi connectivity index (χ0) is 15.2. The summed E-state index contributed by atoms with van der Waals surface area (Å²) >= 11 is 0. The van der Waals surface area contributed by atoms with Gasteiger partial charge in [-0.05, 0) is 29.7 Å². The Morgan fingerprint density at radius 3 is 2.14 bits per heavy atom. The maximum absolute atomic E-state index is 14.0. The predicted molar refractivity (Wildman–Crippen MR) is 82.4 cm³/mol. The molecule has 0 aliphatic rings. The summed E-state index contributed by atoms with van der Waals surface area (Å²) in [6.45, 7) is 4.70. The van der Waals surface area contributed by atoms with Crippen LogP contribution in [0.2, 0.25) is 0 Å². The van der Waals surface area contributed by atoms with Crippen molar-refractivity contribution in [2.24, 2.45) is 0 Å². The van der Waals surface area contributed by atoms with E-state index in [-0.39, 0.29) is 17.6 Å². The van der Waals surface area contributed by atoms with Gasteiger partial charge in [0.05, 0.1) is 0 Å². The van der Waals surface area contributed by atoms with Gasteiger partial charge in [-0.2, -0.15) is 0 Å². The molecule has 0 bridgehead atoms. The Labute approximate surface area is 125 Å². The topological polar surface area (TPSA) is 12.0 Å². The number of rotatable bonds is 6. The lowest BCUT2D eigenvalue weighted by molar-refractivity contribution is 0.498. The molecule has 0 radical (unpaired) electrons. The minimum atomic E-state index is -0.233. The first kappa shape index (κ1) is 15.6. The SMILES string of the molecule is CC(C)NCC(Cc1ccccc1F)c1ccccc1F. The van der Waals surface area contributed by atoms with Crippen molar-refractivity contribution in [3.63, 3.8) is 0 Å². The van der Waals surface area contributed by atoms with Gasteiger partial charge in [0.15, 0.2) is 0 Å². The van der Waals surface area contributed by atoms with E-state index in [2.05, 4.69) is 5.32 Å². The van der Waals surface area contributed by atoms with Crippen LogP contribution in [0.4, 0.5) is 8.78 Å². The Hall–Kier alpha value is -1.74. The summed E-state index contributed by atoms with van der Waals surface area (Å²) in [6, 6.07) is 13.7. The van der Waals surface area contributed by atoms with E-state index in [9.17, 15) is 8.78 Å². The third kappa shape index (κ3) is 4.36. The van der Waals surface area contributed by atoms with Crippen LogP contribution in [-0.2, 0) is 6.42 Å². The highest BCUT2D eigenvalue weighted by Crippen LogP contribution is 2.24. The smallest absolute Gasteiger partial charge is 0.126 e. The fourth-order valence-corrected chi connectivity index (χ4v) is 2.41. The van der Waals surface area contributed by atoms with Crippen molar-refractivity contribution >= 4 is 0 Å². The quantitative estimate of drug-likeness (QED) is 0.836. The van der Waals surface area contributed by atoms with E-state index >= 15 is 0 Å². The van der Waals surface area contributed by atoms with Crippen LogP contribution in [-0.4, -0.2) is 12.6 Å². The first-order valence-electron chi connectivity index (χ1n) is 7.29. The molecule has 3 heteroatoms. The molecule has 1 N–H and O–H groups in total. The van der Waals surface area contributed by atoms with Gasteiger partial charge in [0.1, 0.15) is 11.6 Å². The fourth-order valence-electron chi connectivity index (χ4n) is 2.41. The average Bonchev–Trinajstić information content (AvgIpc) is 2.46. The molecule has 0 spiro atoms. The van der Waals surface area contributed by atoms with Gasteiger partial charge in [-0.25, -0.2) is 8.78 Å². The molecule has 1 atom stereocenters. The van der Waals surface area contributed by atoms with Crippen LogP contribution < -0.4 is 5.32 Å². The van der Waals surface area contributed by atoms with Crippen LogP contribution >= 0.6 is 0 Å². The molecule has 1 nitrogen and oxygen atoms in total. The molecular formula is C18H21F2N. The summed E-state index contributed by atoms with van der Waals surface area (Å²) in [4.78, 5) is 0. The highest BCUT2D eigenvalue weighted by atomic mass is 19.1.